The Labute approximate surface area is 160 Å². The third-order valence-corrected chi connectivity index (χ3v) is 4.60. The fraction of sp³-hybridized carbons (Fsp3) is 0.364. The molecule has 2 atom stereocenters. The average molecular weight is 370 g/mol. The number of carbonyl (C=O) groups excluding carboxylic acids is 2. The van der Waals surface area contributed by atoms with Crippen molar-refractivity contribution in [3.63, 3.8) is 0 Å². The molecule has 0 aliphatic carbocycles. The summed E-state index contributed by atoms with van der Waals surface area (Å²) in [6.07, 6.45) is 0. The van der Waals surface area contributed by atoms with Crippen molar-refractivity contribution in [2.24, 2.45) is 5.92 Å². The number of aryl methyl sites for hydroxylation is 2. The summed E-state index contributed by atoms with van der Waals surface area (Å²) in [6, 6.07) is 10.5. The van der Waals surface area contributed by atoms with Crippen LogP contribution in [-0.2, 0) is 4.79 Å². The number of nitrogens with one attached hydrogen (secondary N) is 2. The molecule has 0 aliphatic heterocycles. The Kier molecular flexibility index (Phi) is 6.72. The second-order valence-corrected chi connectivity index (χ2v) is 7.29. The lowest BCUT2D eigenvalue weighted by atomic mass is 9.98. The molecule has 0 bridgehead atoms. The zero-order valence-corrected chi connectivity index (χ0v) is 16.5. The first-order valence-electron chi connectivity index (χ1n) is 9.13. The van der Waals surface area contributed by atoms with E-state index in [0.717, 1.165) is 16.7 Å². The molecule has 4 nitrogen and oxygen atoms in total. The lowest BCUT2D eigenvalue weighted by Gasteiger charge is -2.25. The van der Waals surface area contributed by atoms with Crippen LogP contribution in [0.4, 0.5) is 4.39 Å². The molecule has 144 valence electrons. The van der Waals surface area contributed by atoms with Gasteiger partial charge >= 0.3 is 0 Å². The van der Waals surface area contributed by atoms with Gasteiger partial charge in [-0.2, -0.15) is 0 Å². The summed E-state index contributed by atoms with van der Waals surface area (Å²) in [5.41, 5.74) is 3.60. The minimum Gasteiger partial charge on any atom is -0.348 e. The highest BCUT2D eigenvalue weighted by molar-refractivity contribution is 5.97. The SMILES string of the molecule is Cc1ccc(C)c([C@H](C)NC(=O)[C@@H](NC(=O)c2ccc(F)cc2)C(C)C)c1. The molecule has 0 saturated carbocycles. The molecule has 0 radical (unpaired) electrons. The van der Waals surface area contributed by atoms with Gasteiger partial charge in [-0.25, -0.2) is 4.39 Å². The van der Waals surface area contributed by atoms with E-state index < -0.39 is 17.8 Å². The van der Waals surface area contributed by atoms with Crippen LogP contribution in [0.1, 0.15) is 53.9 Å². The van der Waals surface area contributed by atoms with Gasteiger partial charge in [-0.3, -0.25) is 9.59 Å². The Morgan fingerprint density at radius 2 is 1.56 bits per heavy atom. The summed E-state index contributed by atoms with van der Waals surface area (Å²) in [5, 5.41) is 5.76. The zero-order chi connectivity index (χ0) is 20.1. The van der Waals surface area contributed by atoms with Crippen molar-refractivity contribution in [1.82, 2.24) is 10.6 Å². The monoisotopic (exact) mass is 370 g/mol. The van der Waals surface area contributed by atoms with Gasteiger partial charge < -0.3 is 10.6 Å². The van der Waals surface area contributed by atoms with Crippen molar-refractivity contribution in [3.05, 3.63) is 70.5 Å². The smallest absolute Gasteiger partial charge is 0.251 e. The lowest BCUT2D eigenvalue weighted by molar-refractivity contribution is -0.124. The van der Waals surface area contributed by atoms with Gasteiger partial charge in [0.05, 0.1) is 6.04 Å². The van der Waals surface area contributed by atoms with Crippen molar-refractivity contribution >= 4 is 11.8 Å². The van der Waals surface area contributed by atoms with Crippen molar-refractivity contribution in [2.45, 2.75) is 46.7 Å². The predicted octanol–water partition coefficient (Wildman–Crippen LogP) is 4.07. The summed E-state index contributed by atoms with van der Waals surface area (Å²) >= 11 is 0. The summed E-state index contributed by atoms with van der Waals surface area (Å²) in [7, 11) is 0. The maximum atomic E-state index is 13.0. The molecule has 2 N–H and O–H groups in total. The second-order valence-electron chi connectivity index (χ2n) is 7.29. The largest absolute Gasteiger partial charge is 0.348 e. The van der Waals surface area contributed by atoms with E-state index in [9.17, 15) is 14.0 Å². The number of carbonyl (C=O) groups is 2. The second kappa shape index (κ2) is 8.80. The van der Waals surface area contributed by atoms with Crippen LogP contribution in [0, 0.1) is 25.6 Å². The van der Waals surface area contributed by atoms with E-state index in [-0.39, 0.29) is 17.9 Å². The van der Waals surface area contributed by atoms with Crippen LogP contribution in [0.2, 0.25) is 0 Å². The Morgan fingerprint density at radius 1 is 0.926 bits per heavy atom. The highest BCUT2D eigenvalue weighted by atomic mass is 19.1. The van der Waals surface area contributed by atoms with E-state index >= 15 is 0 Å². The fourth-order valence-corrected chi connectivity index (χ4v) is 2.97. The Morgan fingerprint density at radius 3 is 2.15 bits per heavy atom. The molecule has 0 heterocycles. The maximum Gasteiger partial charge on any atom is 0.251 e. The van der Waals surface area contributed by atoms with E-state index in [1.165, 1.54) is 24.3 Å². The highest BCUT2D eigenvalue weighted by Crippen LogP contribution is 2.19. The van der Waals surface area contributed by atoms with Gasteiger partial charge in [-0.05, 0) is 62.1 Å². The van der Waals surface area contributed by atoms with E-state index in [1.54, 1.807) is 0 Å². The molecule has 2 rings (SSSR count). The molecular weight excluding hydrogens is 343 g/mol. The van der Waals surface area contributed by atoms with Gasteiger partial charge in [0.1, 0.15) is 11.9 Å². The molecule has 2 aromatic rings. The van der Waals surface area contributed by atoms with Crippen molar-refractivity contribution in [1.29, 1.82) is 0 Å². The number of amides is 2. The molecule has 0 unspecified atom stereocenters. The molecule has 0 spiro atoms. The Bertz CT molecular complexity index is 816. The van der Waals surface area contributed by atoms with Crippen LogP contribution < -0.4 is 10.6 Å². The summed E-state index contributed by atoms with van der Waals surface area (Å²) in [4.78, 5) is 25.2. The van der Waals surface area contributed by atoms with Crippen LogP contribution >= 0.6 is 0 Å². The molecular formula is C22H27FN2O2. The summed E-state index contributed by atoms with van der Waals surface area (Å²) in [6.45, 7) is 9.69. The van der Waals surface area contributed by atoms with Crippen molar-refractivity contribution < 1.29 is 14.0 Å². The normalized spacial score (nSPS) is 13.1. The predicted molar refractivity (Wildman–Crippen MR) is 105 cm³/mol. The van der Waals surface area contributed by atoms with Crippen LogP contribution in [-0.4, -0.2) is 17.9 Å². The van der Waals surface area contributed by atoms with Crippen LogP contribution in [0.5, 0.6) is 0 Å². The van der Waals surface area contributed by atoms with Gasteiger partial charge in [0.15, 0.2) is 0 Å². The number of hydrogen-bond donors (Lipinski definition) is 2. The van der Waals surface area contributed by atoms with Crippen molar-refractivity contribution in [3.8, 4) is 0 Å². The van der Waals surface area contributed by atoms with Gasteiger partial charge in [0, 0.05) is 5.56 Å². The standard InChI is InChI=1S/C22H27FN2O2/c1-13(2)20(25-21(26)17-8-10-18(23)11-9-17)22(27)24-16(5)19-12-14(3)6-7-15(19)4/h6-13,16,20H,1-5H3,(H,24,27)(H,25,26)/t16-,20-/m0/s1. The summed E-state index contributed by atoms with van der Waals surface area (Å²) < 4.78 is 13.0. The third kappa shape index (κ3) is 5.39. The highest BCUT2D eigenvalue weighted by Gasteiger charge is 2.26. The number of benzene rings is 2. The number of hydrogen-bond acceptors (Lipinski definition) is 2. The quantitative estimate of drug-likeness (QED) is 0.805. The molecule has 0 saturated heterocycles. The van der Waals surface area contributed by atoms with E-state index in [4.69, 9.17) is 0 Å². The van der Waals surface area contributed by atoms with E-state index in [0.29, 0.717) is 5.56 Å². The molecule has 0 aromatic heterocycles. The lowest BCUT2D eigenvalue weighted by Crippen LogP contribution is -2.50. The minimum atomic E-state index is -0.685. The zero-order valence-electron chi connectivity index (χ0n) is 16.5. The maximum absolute atomic E-state index is 13.0. The van der Waals surface area contributed by atoms with Crippen LogP contribution in [0.25, 0.3) is 0 Å². The first-order chi connectivity index (χ1) is 12.7. The van der Waals surface area contributed by atoms with Crippen molar-refractivity contribution in [2.75, 3.05) is 0 Å². The fourth-order valence-electron chi connectivity index (χ4n) is 2.97. The molecule has 27 heavy (non-hydrogen) atoms. The van der Waals surface area contributed by atoms with Crippen LogP contribution in [0.15, 0.2) is 42.5 Å². The first-order valence-corrected chi connectivity index (χ1v) is 9.13. The van der Waals surface area contributed by atoms with Gasteiger partial charge in [-0.1, -0.05) is 37.6 Å². The Balaban J connectivity index is 2.11. The Hall–Kier alpha value is -2.69. The topological polar surface area (TPSA) is 58.2 Å². The first kappa shape index (κ1) is 20.6. The number of rotatable bonds is 6. The molecule has 2 amide bonds. The van der Waals surface area contributed by atoms with Gasteiger partial charge in [-0.15, -0.1) is 0 Å². The van der Waals surface area contributed by atoms with E-state index in [1.807, 2.05) is 46.8 Å². The average Bonchev–Trinajstić information content (AvgIpc) is 2.61. The minimum absolute atomic E-state index is 0.0970. The third-order valence-electron chi connectivity index (χ3n) is 4.60. The summed E-state index contributed by atoms with van der Waals surface area (Å²) in [5.74, 6) is -1.15. The van der Waals surface area contributed by atoms with E-state index in [2.05, 4.69) is 16.7 Å². The van der Waals surface area contributed by atoms with Crippen LogP contribution in [0.3, 0.4) is 0 Å². The molecule has 5 heteroatoms. The number of halogens is 1. The molecule has 0 fully saturated rings. The molecule has 0 aliphatic rings. The van der Waals surface area contributed by atoms with Gasteiger partial charge in [0.2, 0.25) is 5.91 Å². The molecule has 2 aromatic carbocycles. The van der Waals surface area contributed by atoms with Gasteiger partial charge in [0.25, 0.3) is 5.91 Å².